The molecule has 0 amide bonds. The van der Waals surface area contributed by atoms with Crippen LogP contribution >= 0.6 is 0 Å². The van der Waals surface area contributed by atoms with Crippen LogP contribution in [0.3, 0.4) is 0 Å². The highest BCUT2D eigenvalue weighted by atomic mass is 16.3. The van der Waals surface area contributed by atoms with Gasteiger partial charge in [-0.3, -0.25) is 0 Å². The lowest BCUT2D eigenvalue weighted by atomic mass is 9.93. The minimum absolute atomic E-state index is 0.165. The van der Waals surface area contributed by atoms with Crippen LogP contribution in [0.1, 0.15) is 17.2 Å². The summed E-state index contributed by atoms with van der Waals surface area (Å²) in [5.74, 6) is 0.357. The Labute approximate surface area is 139 Å². The third-order valence-corrected chi connectivity index (χ3v) is 4.15. The summed E-state index contributed by atoms with van der Waals surface area (Å²) in [7, 11) is 0. The van der Waals surface area contributed by atoms with Crippen molar-refractivity contribution in [1.29, 1.82) is 0 Å². The summed E-state index contributed by atoms with van der Waals surface area (Å²) in [4.78, 5) is 4.76. The molecule has 1 atom stereocenters. The number of nitrogens with zero attached hydrogens (tertiary/aromatic N) is 1. The predicted molar refractivity (Wildman–Crippen MR) is 95.2 cm³/mol. The largest absolute Gasteiger partial charge is 0.508 e. The number of anilines is 1. The molecule has 0 fully saturated rings. The highest BCUT2D eigenvalue weighted by molar-refractivity contribution is 6.11. The van der Waals surface area contributed by atoms with Gasteiger partial charge in [0, 0.05) is 11.1 Å². The maximum absolute atomic E-state index is 10.3. The van der Waals surface area contributed by atoms with Crippen LogP contribution < -0.4 is 5.32 Å². The zero-order chi connectivity index (χ0) is 16.5. The van der Waals surface area contributed by atoms with E-state index in [1.807, 2.05) is 48.5 Å². The van der Waals surface area contributed by atoms with Crippen LogP contribution in [-0.4, -0.2) is 15.9 Å². The van der Waals surface area contributed by atoms with Gasteiger partial charge in [0.15, 0.2) is 0 Å². The topological polar surface area (TPSA) is 64.9 Å². The van der Waals surface area contributed by atoms with Gasteiger partial charge in [-0.1, -0.05) is 42.5 Å². The molecule has 4 nitrogen and oxygen atoms in total. The zero-order valence-corrected chi connectivity index (χ0v) is 12.8. The Kier molecular flexibility index (Phi) is 3.43. The van der Waals surface area contributed by atoms with Crippen molar-refractivity contribution in [2.24, 2.45) is 4.99 Å². The molecule has 3 N–H and O–H groups in total. The summed E-state index contributed by atoms with van der Waals surface area (Å²) in [5, 5.41) is 24.0. The molecule has 3 aromatic carbocycles. The number of hydrogen-bond acceptors (Lipinski definition) is 4. The second-order valence-electron chi connectivity index (χ2n) is 5.67. The number of phenolic OH excluding ortho intramolecular Hbond substituents is 2. The van der Waals surface area contributed by atoms with Crippen LogP contribution in [0.25, 0.3) is 0 Å². The summed E-state index contributed by atoms with van der Waals surface area (Å²) in [6, 6.07) is 21.7. The highest BCUT2D eigenvalue weighted by Gasteiger charge is 2.28. The number of fused-ring (bicyclic) bond motifs is 1. The molecular formula is C20H16N2O2. The second kappa shape index (κ2) is 5.74. The van der Waals surface area contributed by atoms with Gasteiger partial charge in [-0.25, -0.2) is 4.99 Å². The normalized spacial score (nSPS) is 16.0. The Balaban J connectivity index is 1.93. The molecule has 1 aliphatic heterocycles. The highest BCUT2D eigenvalue weighted by Crippen LogP contribution is 2.40. The Morgan fingerprint density at radius 3 is 2.21 bits per heavy atom. The fourth-order valence-electron chi connectivity index (χ4n) is 2.97. The lowest BCUT2D eigenvalue weighted by Crippen LogP contribution is -2.25. The minimum Gasteiger partial charge on any atom is -0.508 e. The van der Waals surface area contributed by atoms with E-state index >= 15 is 0 Å². The first-order chi connectivity index (χ1) is 11.7. The summed E-state index contributed by atoms with van der Waals surface area (Å²) in [5.41, 5.74) is 3.74. The van der Waals surface area contributed by atoms with Crippen molar-refractivity contribution in [3.63, 3.8) is 0 Å². The fourth-order valence-corrected chi connectivity index (χ4v) is 2.97. The minimum atomic E-state index is -0.352. The molecule has 1 aliphatic rings. The first-order valence-electron chi connectivity index (χ1n) is 7.74. The number of aliphatic imine (C=N–C) groups is 1. The lowest BCUT2D eigenvalue weighted by Gasteiger charge is -2.28. The molecule has 1 heterocycles. The van der Waals surface area contributed by atoms with Crippen LogP contribution in [0.15, 0.2) is 77.8 Å². The van der Waals surface area contributed by atoms with Gasteiger partial charge in [-0.05, 0) is 30.3 Å². The van der Waals surface area contributed by atoms with Crippen molar-refractivity contribution >= 4 is 17.1 Å². The molecule has 4 rings (SSSR count). The molecule has 0 aromatic heterocycles. The van der Waals surface area contributed by atoms with E-state index < -0.39 is 0 Å². The summed E-state index contributed by atoms with van der Waals surface area (Å²) in [6.07, 6.45) is 0. The van der Waals surface area contributed by atoms with E-state index in [9.17, 15) is 10.2 Å². The van der Waals surface area contributed by atoms with Gasteiger partial charge in [-0.2, -0.15) is 0 Å². The Morgan fingerprint density at radius 2 is 1.42 bits per heavy atom. The third-order valence-electron chi connectivity index (χ3n) is 4.15. The third kappa shape index (κ3) is 2.38. The summed E-state index contributed by atoms with van der Waals surface area (Å²) in [6.45, 7) is 0. The first-order valence-corrected chi connectivity index (χ1v) is 7.74. The van der Waals surface area contributed by atoms with Crippen molar-refractivity contribution in [2.75, 3.05) is 5.32 Å². The fraction of sp³-hybridized carbons (Fsp3) is 0.0500. The first kappa shape index (κ1) is 14.3. The van der Waals surface area contributed by atoms with E-state index in [0.717, 1.165) is 11.4 Å². The van der Waals surface area contributed by atoms with E-state index in [4.69, 9.17) is 4.99 Å². The number of phenols is 2. The van der Waals surface area contributed by atoms with E-state index in [1.54, 1.807) is 24.3 Å². The molecule has 0 saturated carbocycles. The van der Waals surface area contributed by atoms with Gasteiger partial charge in [0.25, 0.3) is 0 Å². The van der Waals surface area contributed by atoms with Crippen molar-refractivity contribution in [1.82, 2.24) is 0 Å². The zero-order valence-electron chi connectivity index (χ0n) is 12.8. The number of para-hydroxylation sites is 4. The molecule has 0 saturated heterocycles. The predicted octanol–water partition coefficient (Wildman–Crippen LogP) is 4.39. The molecule has 0 bridgehead atoms. The average molecular weight is 316 g/mol. The molecule has 0 aliphatic carbocycles. The van der Waals surface area contributed by atoms with Crippen LogP contribution in [0.4, 0.5) is 11.4 Å². The van der Waals surface area contributed by atoms with Crippen molar-refractivity contribution in [2.45, 2.75) is 6.04 Å². The van der Waals surface area contributed by atoms with Crippen molar-refractivity contribution < 1.29 is 10.2 Å². The van der Waals surface area contributed by atoms with Crippen LogP contribution in [-0.2, 0) is 0 Å². The van der Waals surface area contributed by atoms with Gasteiger partial charge in [0.05, 0.1) is 23.1 Å². The maximum atomic E-state index is 10.3. The standard InChI is InChI=1S/C20H16N2O2/c23-17-11-5-1-7-13(17)19-20(14-8-2-6-12-18(14)24)22-16-10-4-3-9-15(16)21-19/h1-12,19,21,23-24H/t19-/m0/s1. The average Bonchev–Trinajstić information content (AvgIpc) is 2.62. The number of hydrogen-bond donors (Lipinski definition) is 3. The Hall–Kier alpha value is -3.27. The van der Waals surface area contributed by atoms with Crippen LogP contribution in [0.2, 0.25) is 0 Å². The van der Waals surface area contributed by atoms with Gasteiger partial charge in [0.1, 0.15) is 11.5 Å². The molecular weight excluding hydrogens is 300 g/mol. The smallest absolute Gasteiger partial charge is 0.124 e. The molecule has 0 spiro atoms. The summed E-state index contributed by atoms with van der Waals surface area (Å²) < 4.78 is 0. The number of rotatable bonds is 2. The van der Waals surface area contributed by atoms with Crippen LogP contribution in [0, 0.1) is 0 Å². The molecule has 24 heavy (non-hydrogen) atoms. The molecule has 118 valence electrons. The van der Waals surface area contributed by atoms with Gasteiger partial charge >= 0.3 is 0 Å². The maximum Gasteiger partial charge on any atom is 0.124 e. The monoisotopic (exact) mass is 316 g/mol. The molecule has 4 heteroatoms. The quantitative estimate of drug-likeness (QED) is 0.657. The molecule has 0 radical (unpaired) electrons. The van der Waals surface area contributed by atoms with Crippen molar-refractivity contribution in [3.8, 4) is 11.5 Å². The molecule has 3 aromatic rings. The SMILES string of the molecule is Oc1ccccc1C1=Nc2ccccc2N[C@H]1c1ccccc1O. The number of benzene rings is 3. The van der Waals surface area contributed by atoms with Crippen molar-refractivity contribution in [3.05, 3.63) is 83.9 Å². The van der Waals surface area contributed by atoms with E-state index in [2.05, 4.69) is 5.32 Å². The number of nitrogens with one attached hydrogen (secondary N) is 1. The second-order valence-corrected chi connectivity index (χ2v) is 5.67. The van der Waals surface area contributed by atoms with Gasteiger partial charge < -0.3 is 15.5 Å². The van der Waals surface area contributed by atoms with Crippen LogP contribution in [0.5, 0.6) is 11.5 Å². The van der Waals surface area contributed by atoms with E-state index in [-0.39, 0.29) is 17.5 Å². The number of aromatic hydroxyl groups is 2. The summed E-state index contributed by atoms with van der Waals surface area (Å²) >= 11 is 0. The van der Waals surface area contributed by atoms with Gasteiger partial charge in [-0.15, -0.1) is 0 Å². The van der Waals surface area contributed by atoms with E-state index in [1.165, 1.54) is 0 Å². The lowest BCUT2D eigenvalue weighted by molar-refractivity contribution is 0.466. The van der Waals surface area contributed by atoms with Gasteiger partial charge in [0.2, 0.25) is 0 Å². The Bertz CT molecular complexity index is 934. The Morgan fingerprint density at radius 1 is 0.750 bits per heavy atom. The van der Waals surface area contributed by atoms with E-state index in [0.29, 0.717) is 16.8 Å². The molecule has 0 unspecified atom stereocenters.